The highest BCUT2D eigenvalue weighted by Crippen LogP contribution is 2.49. The van der Waals surface area contributed by atoms with Crippen molar-refractivity contribution in [1.82, 2.24) is 0 Å². The fraction of sp³-hybridized carbons (Fsp3) is 0.364. The summed E-state index contributed by atoms with van der Waals surface area (Å²) in [5, 5.41) is 0.210. The third-order valence-corrected chi connectivity index (χ3v) is 3.80. The summed E-state index contributed by atoms with van der Waals surface area (Å²) >= 11 is 5.83. The van der Waals surface area contributed by atoms with Crippen LogP contribution in [0.4, 0.5) is 0 Å². The summed E-state index contributed by atoms with van der Waals surface area (Å²) in [4.78, 5) is 10.6. The molecule has 0 atom stereocenters. The van der Waals surface area contributed by atoms with Crippen LogP contribution in [0.5, 0.6) is 5.75 Å². The van der Waals surface area contributed by atoms with Crippen molar-refractivity contribution in [2.24, 2.45) is 0 Å². The predicted octanol–water partition coefficient (Wildman–Crippen LogP) is 3.71. The molecule has 1 aromatic carbocycles. The Hall–Kier alpha value is -0.870. The van der Waals surface area contributed by atoms with Gasteiger partial charge in [-0.25, -0.2) is 4.57 Å². The number of hydrogen-bond donors (Lipinski definition) is 0. The summed E-state index contributed by atoms with van der Waals surface area (Å²) in [6.07, 6.45) is 0.622. The zero-order chi connectivity index (χ0) is 13.6. The van der Waals surface area contributed by atoms with E-state index in [2.05, 4.69) is 0 Å². The van der Waals surface area contributed by atoms with Gasteiger partial charge < -0.3 is 4.52 Å². The van der Waals surface area contributed by atoms with Crippen LogP contribution in [0, 0.1) is 0 Å². The highest BCUT2D eigenvalue weighted by atomic mass is 35.5. The van der Waals surface area contributed by atoms with E-state index in [4.69, 9.17) is 25.2 Å². The molecule has 100 valence electrons. The van der Waals surface area contributed by atoms with Crippen molar-refractivity contribution in [2.45, 2.75) is 13.8 Å². The first-order valence-electron chi connectivity index (χ1n) is 5.38. The van der Waals surface area contributed by atoms with Crippen molar-refractivity contribution < 1.29 is 22.9 Å². The fourth-order valence-corrected chi connectivity index (χ4v) is 2.59. The molecule has 0 saturated heterocycles. The lowest BCUT2D eigenvalue weighted by atomic mass is 10.2. The van der Waals surface area contributed by atoms with Crippen LogP contribution in [0.15, 0.2) is 18.2 Å². The maximum Gasteiger partial charge on any atom is 0.530 e. The molecule has 0 N–H and O–H groups in total. The van der Waals surface area contributed by atoms with Gasteiger partial charge in [0.2, 0.25) is 0 Å². The second-order valence-electron chi connectivity index (χ2n) is 3.18. The van der Waals surface area contributed by atoms with Crippen molar-refractivity contribution >= 4 is 25.7 Å². The van der Waals surface area contributed by atoms with Crippen LogP contribution >= 0.6 is 19.4 Å². The molecule has 0 aliphatic heterocycles. The van der Waals surface area contributed by atoms with Crippen molar-refractivity contribution in [1.29, 1.82) is 0 Å². The number of rotatable bonds is 7. The van der Waals surface area contributed by atoms with E-state index < -0.39 is 7.82 Å². The number of phosphoric acid groups is 1. The van der Waals surface area contributed by atoms with E-state index in [9.17, 15) is 9.36 Å². The van der Waals surface area contributed by atoms with E-state index in [1.807, 2.05) is 0 Å². The van der Waals surface area contributed by atoms with Crippen molar-refractivity contribution in [3.63, 3.8) is 0 Å². The van der Waals surface area contributed by atoms with Crippen molar-refractivity contribution in [2.75, 3.05) is 13.2 Å². The Morgan fingerprint density at radius 2 is 1.89 bits per heavy atom. The molecule has 1 aromatic rings. The molecule has 18 heavy (non-hydrogen) atoms. The second kappa shape index (κ2) is 6.90. The number of carbonyl (C=O) groups is 1. The van der Waals surface area contributed by atoms with Gasteiger partial charge in [0, 0.05) is 11.6 Å². The topological polar surface area (TPSA) is 61.8 Å². The Morgan fingerprint density at radius 1 is 1.28 bits per heavy atom. The first-order chi connectivity index (χ1) is 8.54. The van der Waals surface area contributed by atoms with Crippen molar-refractivity contribution in [3.8, 4) is 5.75 Å². The smallest absolute Gasteiger partial charge is 0.404 e. The molecule has 0 aromatic heterocycles. The Labute approximate surface area is 111 Å². The first-order valence-corrected chi connectivity index (χ1v) is 7.22. The number of benzene rings is 1. The number of phosphoric ester groups is 1. The molecule has 5 nitrogen and oxygen atoms in total. The van der Waals surface area contributed by atoms with Crippen LogP contribution < -0.4 is 4.52 Å². The number of aldehydes is 1. The van der Waals surface area contributed by atoms with Crippen molar-refractivity contribution in [3.05, 3.63) is 28.8 Å². The summed E-state index contributed by atoms with van der Waals surface area (Å²) in [5.74, 6) is 0.218. The molecule has 0 bridgehead atoms. The van der Waals surface area contributed by atoms with E-state index in [-0.39, 0.29) is 24.0 Å². The van der Waals surface area contributed by atoms with E-state index >= 15 is 0 Å². The predicted molar refractivity (Wildman–Crippen MR) is 68.3 cm³/mol. The number of hydrogen-bond acceptors (Lipinski definition) is 5. The van der Waals surface area contributed by atoms with Crippen LogP contribution in [0.2, 0.25) is 5.02 Å². The third-order valence-electron chi connectivity index (χ3n) is 1.89. The monoisotopic (exact) mass is 292 g/mol. The second-order valence-corrected chi connectivity index (χ2v) is 5.18. The zero-order valence-corrected chi connectivity index (χ0v) is 11.7. The van der Waals surface area contributed by atoms with Gasteiger partial charge in [-0.2, -0.15) is 0 Å². The van der Waals surface area contributed by atoms with E-state index in [1.165, 1.54) is 18.2 Å². The highest BCUT2D eigenvalue weighted by molar-refractivity contribution is 7.48. The molecule has 7 heteroatoms. The molecular weight excluding hydrogens is 279 g/mol. The zero-order valence-electron chi connectivity index (χ0n) is 10.1. The molecular formula is C11H14ClO5P. The molecule has 0 amide bonds. The molecule has 0 saturated carbocycles. The van der Waals surface area contributed by atoms with Crippen LogP contribution in [0.3, 0.4) is 0 Å². The number of carbonyl (C=O) groups excluding carboxylic acids is 1. The Morgan fingerprint density at radius 3 is 2.33 bits per heavy atom. The van der Waals surface area contributed by atoms with Gasteiger partial charge in [-0.3, -0.25) is 13.8 Å². The largest absolute Gasteiger partial charge is 0.530 e. The van der Waals surface area contributed by atoms with Gasteiger partial charge in [0.15, 0.2) is 6.29 Å². The van der Waals surface area contributed by atoms with Gasteiger partial charge in [0.25, 0.3) is 0 Å². The molecule has 0 aliphatic rings. The Bertz CT molecular complexity index is 453. The lowest BCUT2D eigenvalue weighted by molar-refractivity contribution is 0.112. The maximum atomic E-state index is 12.1. The maximum absolute atomic E-state index is 12.1. The SMILES string of the molecule is CCOP(=O)(OCC)Oc1ccc(C=O)c(Cl)c1. The van der Waals surface area contributed by atoms with Crippen LogP contribution in [0.25, 0.3) is 0 Å². The minimum absolute atomic E-state index is 0.192. The summed E-state index contributed by atoms with van der Waals surface area (Å²) in [6, 6.07) is 4.32. The average Bonchev–Trinajstić information content (AvgIpc) is 2.29. The summed E-state index contributed by atoms with van der Waals surface area (Å²) < 4.78 is 27.2. The molecule has 0 spiro atoms. The van der Waals surface area contributed by atoms with Crippen LogP contribution in [-0.2, 0) is 13.6 Å². The standard InChI is InChI=1S/C11H14ClO5P/c1-3-15-18(14,16-4-2)17-10-6-5-9(8-13)11(12)7-10/h5-8H,3-4H2,1-2H3. The molecule has 0 aliphatic carbocycles. The van der Waals surface area contributed by atoms with E-state index in [1.54, 1.807) is 13.8 Å². The average molecular weight is 293 g/mol. The summed E-state index contributed by atoms with van der Waals surface area (Å²) in [6.45, 7) is 3.74. The third kappa shape index (κ3) is 4.10. The molecule has 0 fully saturated rings. The van der Waals surface area contributed by atoms with Crippen LogP contribution in [0.1, 0.15) is 24.2 Å². The normalized spacial score (nSPS) is 11.3. The lowest BCUT2D eigenvalue weighted by Crippen LogP contribution is -2.02. The van der Waals surface area contributed by atoms with E-state index in [0.29, 0.717) is 11.8 Å². The van der Waals surface area contributed by atoms with Gasteiger partial charge >= 0.3 is 7.82 Å². The van der Waals surface area contributed by atoms with Gasteiger partial charge in [0.1, 0.15) is 5.75 Å². The highest BCUT2D eigenvalue weighted by Gasteiger charge is 2.27. The van der Waals surface area contributed by atoms with Gasteiger partial charge in [-0.05, 0) is 26.0 Å². The molecule has 0 heterocycles. The minimum Gasteiger partial charge on any atom is -0.404 e. The minimum atomic E-state index is -3.63. The van der Waals surface area contributed by atoms with E-state index in [0.717, 1.165) is 0 Å². The van der Waals surface area contributed by atoms with Gasteiger partial charge in [-0.15, -0.1) is 0 Å². The quantitative estimate of drug-likeness (QED) is 0.566. The molecule has 1 rings (SSSR count). The Balaban J connectivity index is 2.90. The molecule has 0 unspecified atom stereocenters. The number of halogens is 1. The summed E-state index contributed by atoms with van der Waals surface area (Å²) in [7, 11) is -3.63. The fourth-order valence-electron chi connectivity index (χ4n) is 1.20. The Kier molecular flexibility index (Phi) is 5.82. The van der Waals surface area contributed by atoms with Gasteiger partial charge in [0.05, 0.1) is 18.2 Å². The lowest BCUT2D eigenvalue weighted by Gasteiger charge is -2.17. The first kappa shape index (κ1) is 15.2. The van der Waals surface area contributed by atoms with Gasteiger partial charge in [-0.1, -0.05) is 11.6 Å². The summed E-state index contributed by atoms with van der Waals surface area (Å²) in [5.41, 5.74) is 0.326. The molecule has 0 radical (unpaired) electrons. The van der Waals surface area contributed by atoms with Crippen LogP contribution in [-0.4, -0.2) is 19.5 Å².